The maximum Gasteiger partial charge on any atom is 0.483 e. The van der Waals surface area contributed by atoms with E-state index in [-0.39, 0.29) is 0 Å². The summed E-state index contributed by atoms with van der Waals surface area (Å²) in [6, 6.07) is 0. The molecule has 1 atom stereocenters. The third kappa shape index (κ3) is 45.0. The molecule has 0 aromatic carbocycles. The van der Waals surface area contributed by atoms with Gasteiger partial charge in [-0.1, -0.05) is 183 Å². The first-order valence-electron chi connectivity index (χ1n) is 26.5. The van der Waals surface area contributed by atoms with Gasteiger partial charge in [0.15, 0.2) is 0 Å². The Morgan fingerprint density at radius 1 is 0.349 bits per heavy atom. The molecule has 0 heterocycles. The number of halogens is 2. The number of hydrogen-bond acceptors (Lipinski definition) is 4. The van der Waals surface area contributed by atoms with Gasteiger partial charge in [-0.25, -0.2) is 9.13 Å². The lowest BCUT2D eigenvalue weighted by Gasteiger charge is -2.39. The van der Waals surface area contributed by atoms with E-state index in [9.17, 15) is 9.13 Å². The maximum absolute atomic E-state index is 10.5. The van der Waals surface area contributed by atoms with E-state index in [4.69, 9.17) is 37.9 Å². The summed E-state index contributed by atoms with van der Waals surface area (Å²) in [6.45, 7) is 45.1. The number of phosphoric ester groups is 1. The number of nitrogens with zero attached hydrogens (tertiary/aromatic N) is 3. The summed E-state index contributed by atoms with van der Waals surface area (Å²) in [5.41, 5.74) is 0. The Morgan fingerprint density at radius 3 is 0.587 bits per heavy atom. The van der Waals surface area contributed by atoms with Crippen LogP contribution in [0.4, 0.5) is 0 Å². The fraction of sp³-hybridized carbons (Fsp3) is 1.00. The van der Waals surface area contributed by atoms with Gasteiger partial charge in [0.2, 0.25) is 5.02 Å². The zero-order valence-corrected chi connectivity index (χ0v) is 47.3. The predicted octanol–water partition coefficient (Wildman–Crippen LogP) is 16.0. The molecule has 0 amide bonds. The van der Waals surface area contributed by atoms with E-state index in [1.165, 1.54) is 246 Å². The van der Waals surface area contributed by atoms with Crippen LogP contribution in [-0.2, 0) is 18.0 Å². The predicted molar refractivity (Wildman–Crippen MR) is 278 cm³/mol. The van der Waals surface area contributed by atoms with Crippen LogP contribution in [0.3, 0.4) is 0 Å². The van der Waals surface area contributed by atoms with Gasteiger partial charge in [-0.15, -0.1) is 0 Å². The topological polar surface area (TPSA) is 113 Å². The molecule has 0 saturated heterocycles. The second-order valence-electron chi connectivity index (χ2n) is 18.4. The first kappa shape index (κ1) is 70.3. The van der Waals surface area contributed by atoms with Crippen molar-refractivity contribution in [3.63, 3.8) is 0 Å². The summed E-state index contributed by atoms with van der Waals surface area (Å²) in [5, 5.41) is -1.72. The molecule has 0 saturated carbocycles. The van der Waals surface area contributed by atoms with Crippen LogP contribution in [0.25, 0.3) is 0 Å². The zero-order chi connectivity index (χ0) is 48.9. The monoisotopic (exact) mass is 987 g/mol. The number of unbranched alkanes of at least 4 members (excludes halogenated alkanes) is 12. The molecule has 0 aliphatic carbocycles. The van der Waals surface area contributed by atoms with E-state index in [1.54, 1.807) is 0 Å². The highest BCUT2D eigenvalue weighted by molar-refractivity contribution is 7.60. The van der Waals surface area contributed by atoms with Gasteiger partial charge < -0.3 is 28.1 Å². The number of rotatable bonds is 40. The Balaban J connectivity index is -0.000000371. The van der Waals surface area contributed by atoms with Crippen molar-refractivity contribution >= 4 is 38.8 Å². The molecule has 0 rings (SSSR count). The Bertz CT molecular complexity index is 845. The Kier molecular flexibility index (Phi) is 51.8. The smallest absolute Gasteiger partial charge is 0.324 e. The number of quaternary nitrogens is 3. The van der Waals surface area contributed by atoms with Crippen molar-refractivity contribution in [3.05, 3.63) is 0 Å². The highest BCUT2D eigenvalue weighted by atomic mass is 35.5. The van der Waals surface area contributed by atoms with Gasteiger partial charge in [0, 0.05) is 0 Å². The molecule has 14 heteroatoms. The minimum atomic E-state index is -5.10. The summed E-state index contributed by atoms with van der Waals surface area (Å²) >= 11 is 9.74. The molecule has 0 fully saturated rings. The minimum Gasteiger partial charge on any atom is -0.324 e. The molecule has 0 aliphatic heterocycles. The van der Waals surface area contributed by atoms with Gasteiger partial charge in [0.05, 0.1) is 78.5 Å². The van der Waals surface area contributed by atoms with E-state index in [0.717, 1.165) is 0 Å². The van der Waals surface area contributed by atoms with Crippen molar-refractivity contribution in [2.45, 2.75) is 242 Å². The van der Waals surface area contributed by atoms with Crippen LogP contribution in [0, 0.1) is 0 Å². The van der Waals surface area contributed by atoms with Crippen molar-refractivity contribution in [2.24, 2.45) is 0 Å². The van der Waals surface area contributed by atoms with E-state index in [2.05, 4.69) is 91.9 Å². The standard InChI is InChI=1S/3C16H36N.CH4Cl2O7P2/c3*1-5-9-13-17(14-10-6-2,15-11-7-3)16-12-8-4;2-1(3)9-12(7,8)10-11(4,5)6/h3*5-16H2,1-4H3;1H,(H,7,8)(H2,4,5,6)/q3*+1;. The molecule has 0 aliphatic rings. The minimum absolute atomic E-state index is 1.35. The number of alkyl halides is 2. The van der Waals surface area contributed by atoms with E-state index in [1.807, 2.05) is 0 Å². The van der Waals surface area contributed by atoms with Gasteiger partial charge in [0.25, 0.3) is 0 Å². The quantitative estimate of drug-likeness (QED) is 0.0318. The van der Waals surface area contributed by atoms with Gasteiger partial charge in [-0.2, -0.15) is 4.31 Å². The second-order valence-corrected chi connectivity index (χ2v) is 22.2. The summed E-state index contributed by atoms with van der Waals surface area (Å²) in [5.74, 6) is 0. The van der Waals surface area contributed by atoms with Crippen LogP contribution in [0.2, 0.25) is 0 Å². The summed E-state index contributed by atoms with van der Waals surface area (Å²) < 4.78 is 31.8. The number of phosphoric acid groups is 2. The lowest BCUT2D eigenvalue weighted by atomic mass is 10.1. The van der Waals surface area contributed by atoms with E-state index >= 15 is 0 Å². The highest BCUT2D eigenvalue weighted by Crippen LogP contribution is 2.58. The van der Waals surface area contributed by atoms with E-state index in [0.29, 0.717) is 0 Å². The van der Waals surface area contributed by atoms with Crippen molar-refractivity contribution in [1.29, 1.82) is 0 Å². The first-order chi connectivity index (χ1) is 29.9. The van der Waals surface area contributed by atoms with Gasteiger partial charge in [0.1, 0.15) is 0 Å². The molecular weight excluding hydrogens is 875 g/mol. The summed E-state index contributed by atoms with van der Waals surface area (Å²) in [7, 11) is -10.00. The van der Waals surface area contributed by atoms with Crippen molar-refractivity contribution in [3.8, 4) is 0 Å². The maximum atomic E-state index is 10.5. The van der Waals surface area contributed by atoms with Crippen LogP contribution in [0.5, 0.6) is 0 Å². The largest absolute Gasteiger partial charge is 0.483 e. The molecule has 63 heavy (non-hydrogen) atoms. The van der Waals surface area contributed by atoms with Crippen molar-refractivity contribution < 1.29 is 46.1 Å². The van der Waals surface area contributed by atoms with Crippen LogP contribution in [0.15, 0.2) is 0 Å². The molecule has 1 unspecified atom stereocenters. The third-order valence-corrected chi connectivity index (χ3v) is 14.8. The Morgan fingerprint density at radius 2 is 0.492 bits per heavy atom. The molecule has 0 aromatic heterocycles. The van der Waals surface area contributed by atoms with Crippen LogP contribution < -0.4 is 0 Å². The van der Waals surface area contributed by atoms with Gasteiger partial charge >= 0.3 is 15.6 Å². The molecule has 386 valence electrons. The van der Waals surface area contributed by atoms with Gasteiger partial charge in [-0.05, 0) is 77.0 Å². The Hall–Kier alpha value is 0.720. The molecule has 3 N–H and O–H groups in total. The van der Waals surface area contributed by atoms with Gasteiger partial charge in [-0.3, -0.25) is 4.52 Å². The van der Waals surface area contributed by atoms with Crippen LogP contribution >= 0.6 is 38.8 Å². The lowest BCUT2D eigenvalue weighted by Crippen LogP contribution is -2.50. The van der Waals surface area contributed by atoms with Crippen molar-refractivity contribution in [1.82, 2.24) is 0 Å². The molecule has 10 nitrogen and oxygen atoms in total. The average Bonchev–Trinajstić information content (AvgIpc) is 3.24. The average molecular weight is 988 g/mol. The number of hydrogen-bond donors (Lipinski definition) is 3. The Labute approximate surface area is 403 Å². The summed E-state index contributed by atoms with van der Waals surface area (Å²) in [6.07, 6.45) is 33.2. The zero-order valence-electron chi connectivity index (χ0n) is 44.0. The molecular formula is C49H112Cl2N3O7P2+3. The lowest BCUT2D eigenvalue weighted by molar-refractivity contribution is -0.929. The van der Waals surface area contributed by atoms with Crippen LogP contribution in [-0.4, -0.2) is 112 Å². The molecule has 0 radical (unpaired) electrons. The second kappa shape index (κ2) is 46.4. The fourth-order valence-corrected chi connectivity index (χ4v) is 10.2. The molecule has 0 bridgehead atoms. The van der Waals surface area contributed by atoms with Crippen molar-refractivity contribution in [2.75, 3.05) is 78.5 Å². The third-order valence-electron chi connectivity index (χ3n) is 12.3. The van der Waals surface area contributed by atoms with Crippen LogP contribution in [0.1, 0.15) is 237 Å². The summed E-state index contributed by atoms with van der Waals surface area (Å²) in [4.78, 5) is 24.6. The molecule has 0 spiro atoms. The SMILES string of the molecule is CCCC[N+](CCCC)(CCCC)CCCC.CCCC[N+](CCCC)(CCCC)CCCC.CCCC[N+](CCCC)(CCCC)CCCC.O=P(O)(O)OP(=O)(O)OC(Cl)Cl. The first-order valence-corrected chi connectivity index (χ1v) is 30.4. The normalized spacial score (nSPS) is 13.1. The molecule has 0 aromatic rings. The van der Waals surface area contributed by atoms with E-state index < -0.39 is 20.7 Å². The fourth-order valence-electron chi connectivity index (χ4n) is 8.19. The highest BCUT2D eigenvalue weighted by Gasteiger charge is 2.34.